The first-order valence-corrected chi connectivity index (χ1v) is 8.52. The number of nitrogens with zero attached hydrogens (tertiary/aromatic N) is 1. The number of benzene rings is 2. The van der Waals surface area contributed by atoms with Gasteiger partial charge < -0.3 is 14.7 Å². The molecular weight excluding hydrogens is 344 g/mol. The number of amides is 1. The number of ether oxygens (including phenoxy) is 1. The molecule has 0 saturated heterocycles. The molecule has 6 nitrogen and oxygen atoms in total. The van der Waals surface area contributed by atoms with E-state index in [-0.39, 0.29) is 19.7 Å². The summed E-state index contributed by atoms with van der Waals surface area (Å²) in [4.78, 5) is 25.0. The molecule has 1 amide bonds. The van der Waals surface area contributed by atoms with E-state index >= 15 is 0 Å². The Balaban J connectivity index is 1.67. The van der Waals surface area contributed by atoms with Gasteiger partial charge in [-0.3, -0.25) is 10.1 Å². The smallest absolute Gasteiger partial charge is 0.411 e. The molecule has 0 aromatic heterocycles. The van der Waals surface area contributed by atoms with Crippen LogP contribution in [0.5, 0.6) is 0 Å². The molecular formula is C21H20N2O4. The zero-order valence-corrected chi connectivity index (χ0v) is 14.7. The normalized spacial score (nSPS) is 13.4. The van der Waals surface area contributed by atoms with Gasteiger partial charge in [0.1, 0.15) is 13.2 Å². The molecule has 0 spiro atoms. The van der Waals surface area contributed by atoms with Crippen molar-refractivity contribution < 1.29 is 19.4 Å². The highest BCUT2D eigenvalue weighted by Gasteiger charge is 2.20. The number of alkyl carbamates (subject to hydrolysis) is 1. The molecule has 0 saturated carbocycles. The van der Waals surface area contributed by atoms with Gasteiger partial charge in [0.05, 0.1) is 6.54 Å². The summed E-state index contributed by atoms with van der Waals surface area (Å²) in [5.41, 5.74) is 3.18. The van der Waals surface area contributed by atoms with Gasteiger partial charge in [0.25, 0.3) is 0 Å². The Morgan fingerprint density at radius 2 is 1.67 bits per heavy atom. The molecule has 0 atom stereocenters. The Morgan fingerprint density at radius 1 is 1.00 bits per heavy atom. The fourth-order valence-electron chi connectivity index (χ4n) is 2.79. The van der Waals surface area contributed by atoms with Gasteiger partial charge in [-0.2, -0.15) is 0 Å². The first-order chi connectivity index (χ1) is 13.1. The fourth-order valence-corrected chi connectivity index (χ4v) is 2.79. The van der Waals surface area contributed by atoms with Crippen molar-refractivity contribution >= 4 is 17.8 Å². The third kappa shape index (κ3) is 5.22. The van der Waals surface area contributed by atoms with E-state index in [0.717, 1.165) is 16.8 Å². The summed E-state index contributed by atoms with van der Waals surface area (Å²) < 4.78 is 5.21. The van der Waals surface area contributed by atoms with Gasteiger partial charge in [0, 0.05) is 11.4 Å². The molecule has 0 radical (unpaired) electrons. The van der Waals surface area contributed by atoms with Crippen LogP contribution in [-0.2, 0) is 16.1 Å². The predicted molar refractivity (Wildman–Crippen MR) is 101 cm³/mol. The second kappa shape index (κ2) is 8.71. The van der Waals surface area contributed by atoms with Gasteiger partial charge in [-0.05, 0) is 23.3 Å². The predicted octanol–water partition coefficient (Wildman–Crippen LogP) is 3.24. The number of carbonyl (C=O) groups excluding carboxylic acids is 1. The maximum atomic E-state index is 12.0. The van der Waals surface area contributed by atoms with Crippen molar-refractivity contribution in [3.05, 3.63) is 89.6 Å². The second-order valence-electron chi connectivity index (χ2n) is 6.05. The zero-order chi connectivity index (χ0) is 19.1. The molecule has 0 fully saturated rings. The summed E-state index contributed by atoms with van der Waals surface area (Å²) >= 11 is 0. The average Bonchev–Trinajstić information content (AvgIpc) is 2.68. The van der Waals surface area contributed by atoms with Gasteiger partial charge in [0.2, 0.25) is 0 Å². The minimum atomic E-state index is -0.940. The van der Waals surface area contributed by atoms with Crippen LogP contribution in [-0.4, -0.2) is 35.2 Å². The lowest BCUT2D eigenvalue weighted by Crippen LogP contribution is -2.37. The van der Waals surface area contributed by atoms with Crippen LogP contribution < -0.4 is 5.32 Å². The summed E-state index contributed by atoms with van der Waals surface area (Å²) in [6, 6.07) is 18.9. The topological polar surface area (TPSA) is 78.9 Å². The Kier molecular flexibility index (Phi) is 5.89. The van der Waals surface area contributed by atoms with E-state index in [1.807, 2.05) is 60.7 Å². The van der Waals surface area contributed by atoms with E-state index < -0.39 is 12.1 Å². The quantitative estimate of drug-likeness (QED) is 0.823. The summed E-state index contributed by atoms with van der Waals surface area (Å²) in [7, 11) is 0. The molecule has 1 heterocycles. The van der Waals surface area contributed by atoms with E-state index in [1.54, 1.807) is 17.1 Å². The largest absolute Gasteiger partial charge is 0.480 e. The van der Waals surface area contributed by atoms with E-state index in [2.05, 4.69) is 5.32 Å². The maximum Gasteiger partial charge on any atom is 0.411 e. The summed E-state index contributed by atoms with van der Waals surface area (Å²) in [6.07, 6.45) is 3.00. The lowest BCUT2D eigenvalue weighted by Gasteiger charge is -2.30. The molecule has 1 aliphatic heterocycles. The third-order valence-electron chi connectivity index (χ3n) is 4.02. The number of rotatable bonds is 6. The van der Waals surface area contributed by atoms with Crippen molar-refractivity contribution in [3.63, 3.8) is 0 Å². The van der Waals surface area contributed by atoms with Gasteiger partial charge in [-0.25, -0.2) is 4.79 Å². The highest BCUT2D eigenvalue weighted by Crippen LogP contribution is 2.23. The summed E-state index contributed by atoms with van der Waals surface area (Å²) in [5, 5.41) is 11.9. The van der Waals surface area contributed by atoms with Crippen LogP contribution in [0.2, 0.25) is 0 Å². The van der Waals surface area contributed by atoms with Crippen molar-refractivity contribution in [2.45, 2.75) is 6.61 Å². The first kappa shape index (κ1) is 18.3. The van der Waals surface area contributed by atoms with Gasteiger partial charge >= 0.3 is 12.1 Å². The Labute approximate surface area is 157 Å². The van der Waals surface area contributed by atoms with Crippen LogP contribution in [0.25, 0.3) is 5.70 Å². The third-order valence-corrected chi connectivity index (χ3v) is 4.02. The molecule has 1 aliphatic rings. The van der Waals surface area contributed by atoms with Crippen LogP contribution in [0.1, 0.15) is 11.1 Å². The van der Waals surface area contributed by atoms with Crippen molar-refractivity contribution in [2.24, 2.45) is 0 Å². The van der Waals surface area contributed by atoms with Crippen molar-refractivity contribution in [1.29, 1.82) is 0 Å². The van der Waals surface area contributed by atoms with Crippen molar-refractivity contribution in [1.82, 2.24) is 10.2 Å². The molecule has 2 aromatic rings. The van der Waals surface area contributed by atoms with Gasteiger partial charge in [-0.1, -0.05) is 60.7 Å². The lowest BCUT2D eigenvalue weighted by molar-refractivity contribution is -0.137. The van der Waals surface area contributed by atoms with Crippen LogP contribution in [0.3, 0.4) is 0 Å². The van der Waals surface area contributed by atoms with Crippen LogP contribution in [0.15, 0.2) is 78.5 Å². The number of aliphatic carboxylic acids is 1. The molecule has 138 valence electrons. The molecule has 2 aromatic carbocycles. The number of carboxylic acid groups (broad SMARTS) is 1. The van der Waals surface area contributed by atoms with E-state index in [0.29, 0.717) is 5.70 Å². The Hall–Kier alpha value is -3.54. The second-order valence-corrected chi connectivity index (χ2v) is 6.05. The van der Waals surface area contributed by atoms with Crippen molar-refractivity contribution in [2.75, 3.05) is 13.1 Å². The Morgan fingerprint density at radius 3 is 2.33 bits per heavy atom. The Bertz CT molecular complexity index is 860. The molecule has 3 rings (SSSR count). The highest BCUT2D eigenvalue weighted by molar-refractivity contribution is 5.76. The number of carbonyl (C=O) groups is 2. The van der Waals surface area contributed by atoms with E-state index in [9.17, 15) is 14.7 Å². The van der Waals surface area contributed by atoms with E-state index in [4.69, 9.17) is 4.74 Å². The van der Waals surface area contributed by atoms with Gasteiger partial charge in [0.15, 0.2) is 0 Å². The molecule has 6 heteroatoms. The van der Waals surface area contributed by atoms with Crippen LogP contribution in [0, 0.1) is 0 Å². The molecule has 0 bridgehead atoms. The van der Waals surface area contributed by atoms with Crippen molar-refractivity contribution in [3.8, 4) is 0 Å². The molecule has 0 aliphatic carbocycles. The highest BCUT2D eigenvalue weighted by atomic mass is 16.5. The minimum absolute atomic E-state index is 0.168. The summed E-state index contributed by atoms with van der Waals surface area (Å²) in [5.74, 6) is -0.940. The fraction of sp³-hybridized carbons (Fsp3) is 0.143. The maximum absolute atomic E-state index is 12.0. The number of hydrogen-bond donors (Lipinski definition) is 2. The average molecular weight is 364 g/mol. The number of carboxylic acids is 1. The first-order valence-electron chi connectivity index (χ1n) is 8.52. The lowest BCUT2D eigenvalue weighted by atomic mass is 10.1. The van der Waals surface area contributed by atoms with E-state index in [1.165, 1.54) is 0 Å². The molecule has 27 heavy (non-hydrogen) atoms. The standard InChI is InChI=1S/C21H20N2O4/c24-20(25)14-23-13-18(11-12-19(23)17-9-5-2-6-10-17)22-21(26)27-15-16-7-3-1-4-8-16/h1-12H,13-15H2,(H,22,26)(H,24,25). The summed E-state index contributed by atoms with van der Waals surface area (Å²) in [6.45, 7) is 0.274. The van der Waals surface area contributed by atoms with Crippen LogP contribution >= 0.6 is 0 Å². The van der Waals surface area contributed by atoms with Gasteiger partial charge in [-0.15, -0.1) is 0 Å². The monoisotopic (exact) mass is 364 g/mol. The molecule has 2 N–H and O–H groups in total. The van der Waals surface area contributed by atoms with Crippen LogP contribution in [0.4, 0.5) is 4.79 Å². The zero-order valence-electron chi connectivity index (χ0n) is 14.7. The molecule has 0 unspecified atom stereocenters. The minimum Gasteiger partial charge on any atom is -0.480 e. The SMILES string of the molecule is O=C(O)CN1CC(NC(=O)OCc2ccccc2)=CC=C1c1ccccc1. The number of nitrogens with one attached hydrogen (secondary N) is 1. The number of hydrogen-bond acceptors (Lipinski definition) is 4. The number of allylic oxidation sites excluding steroid dienone is 2.